The van der Waals surface area contributed by atoms with Crippen LogP contribution < -0.4 is 5.32 Å². The fourth-order valence-electron chi connectivity index (χ4n) is 1.93. The summed E-state index contributed by atoms with van der Waals surface area (Å²) in [6, 6.07) is 3.31. The van der Waals surface area contributed by atoms with Crippen LogP contribution in [0.4, 0.5) is 0 Å². The van der Waals surface area contributed by atoms with Crippen LogP contribution in [0.25, 0.3) is 0 Å². The van der Waals surface area contributed by atoms with Gasteiger partial charge in [-0.25, -0.2) is 4.98 Å². The molecular formula is C12H13BrN2O3. The number of pyridine rings is 1. The molecule has 2 rings (SSSR count). The Bertz CT molecular complexity index is 469. The van der Waals surface area contributed by atoms with E-state index in [0.29, 0.717) is 23.0 Å². The molecule has 1 aromatic heterocycles. The number of nitrogens with one attached hydrogen (secondary N) is 1. The van der Waals surface area contributed by atoms with Gasteiger partial charge in [0.15, 0.2) is 0 Å². The zero-order valence-corrected chi connectivity index (χ0v) is 11.2. The zero-order chi connectivity index (χ0) is 13.2. The third-order valence-electron chi connectivity index (χ3n) is 3.34. The summed E-state index contributed by atoms with van der Waals surface area (Å²) in [6.07, 6.45) is 3.61. The molecular weight excluding hydrogens is 300 g/mol. The van der Waals surface area contributed by atoms with Crippen LogP contribution in [0.3, 0.4) is 0 Å². The molecule has 0 atom stereocenters. The number of carboxylic acids is 1. The predicted molar refractivity (Wildman–Crippen MR) is 68.2 cm³/mol. The Morgan fingerprint density at radius 1 is 1.44 bits per heavy atom. The first-order valence-corrected chi connectivity index (χ1v) is 6.46. The number of hydrogen-bond acceptors (Lipinski definition) is 3. The van der Waals surface area contributed by atoms with Crippen LogP contribution in [0, 0.1) is 5.41 Å². The van der Waals surface area contributed by atoms with E-state index >= 15 is 0 Å². The Morgan fingerprint density at radius 3 is 2.61 bits per heavy atom. The number of carbonyl (C=O) groups excluding carboxylic acids is 1. The van der Waals surface area contributed by atoms with Crippen LogP contribution in [0.5, 0.6) is 0 Å². The number of nitrogens with zero attached hydrogens (tertiary/aromatic N) is 1. The summed E-state index contributed by atoms with van der Waals surface area (Å²) < 4.78 is 0.653. The van der Waals surface area contributed by atoms with E-state index in [2.05, 4.69) is 26.2 Å². The summed E-state index contributed by atoms with van der Waals surface area (Å²) in [5.41, 5.74) is -0.337. The van der Waals surface area contributed by atoms with Gasteiger partial charge in [-0.05, 0) is 40.9 Å². The maximum atomic E-state index is 11.8. The molecule has 1 aliphatic carbocycles. The molecule has 0 aliphatic heterocycles. The minimum atomic E-state index is -0.831. The highest BCUT2D eigenvalue weighted by Gasteiger charge is 2.44. The predicted octanol–water partition coefficient (Wildman–Crippen LogP) is 1.83. The largest absolute Gasteiger partial charge is 0.481 e. The number of amides is 1. The molecule has 1 saturated carbocycles. The lowest BCUT2D eigenvalue weighted by Gasteiger charge is -2.37. The molecule has 96 valence electrons. The first-order valence-electron chi connectivity index (χ1n) is 5.67. The first-order chi connectivity index (χ1) is 8.53. The maximum Gasteiger partial charge on any atom is 0.311 e. The van der Waals surface area contributed by atoms with Crippen LogP contribution >= 0.6 is 15.9 Å². The van der Waals surface area contributed by atoms with Crippen molar-refractivity contribution in [2.45, 2.75) is 19.3 Å². The summed E-state index contributed by atoms with van der Waals surface area (Å²) in [5.74, 6) is -1.12. The minimum absolute atomic E-state index is 0.178. The lowest BCUT2D eigenvalue weighted by atomic mass is 9.69. The molecule has 1 heterocycles. The third-order valence-corrected chi connectivity index (χ3v) is 3.81. The Balaban J connectivity index is 1.96. The van der Waals surface area contributed by atoms with Gasteiger partial charge in [-0.2, -0.15) is 0 Å². The van der Waals surface area contributed by atoms with Crippen molar-refractivity contribution in [3.8, 4) is 0 Å². The number of carbonyl (C=O) groups is 2. The van der Waals surface area contributed by atoms with Crippen LogP contribution in [-0.2, 0) is 4.79 Å². The molecule has 1 aliphatic rings. The van der Waals surface area contributed by atoms with E-state index in [-0.39, 0.29) is 12.5 Å². The lowest BCUT2D eigenvalue weighted by molar-refractivity contribution is -0.153. The highest BCUT2D eigenvalue weighted by atomic mass is 79.9. The number of rotatable bonds is 4. The summed E-state index contributed by atoms with van der Waals surface area (Å²) in [7, 11) is 0. The van der Waals surface area contributed by atoms with Crippen molar-refractivity contribution in [3.05, 3.63) is 28.5 Å². The molecule has 0 saturated heterocycles. The van der Waals surface area contributed by atoms with Gasteiger partial charge < -0.3 is 10.4 Å². The van der Waals surface area contributed by atoms with E-state index in [1.165, 1.54) is 6.20 Å². The van der Waals surface area contributed by atoms with Crippen molar-refractivity contribution in [1.29, 1.82) is 0 Å². The maximum absolute atomic E-state index is 11.8. The molecule has 2 N–H and O–H groups in total. The van der Waals surface area contributed by atoms with E-state index in [4.69, 9.17) is 5.11 Å². The highest BCUT2D eigenvalue weighted by Crippen LogP contribution is 2.40. The molecule has 18 heavy (non-hydrogen) atoms. The Kier molecular flexibility index (Phi) is 3.65. The topological polar surface area (TPSA) is 79.3 Å². The fourth-order valence-corrected chi connectivity index (χ4v) is 2.17. The van der Waals surface area contributed by atoms with Gasteiger partial charge in [0.2, 0.25) is 0 Å². The van der Waals surface area contributed by atoms with Crippen molar-refractivity contribution < 1.29 is 14.7 Å². The van der Waals surface area contributed by atoms with E-state index in [1.807, 2.05) is 0 Å². The van der Waals surface area contributed by atoms with Crippen LogP contribution in [0.15, 0.2) is 22.9 Å². The van der Waals surface area contributed by atoms with Gasteiger partial charge >= 0.3 is 5.97 Å². The normalized spacial score (nSPS) is 16.7. The van der Waals surface area contributed by atoms with Crippen molar-refractivity contribution in [2.24, 2.45) is 5.41 Å². The Labute approximate surface area is 113 Å². The van der Waals surface area contributed by atoms with Crippen LogP contribution in [0.2, 0.25) is 0 Å². The molecule has 5 nitrogen and oxygen atoms in total. The molecule has 0 unspecified atom stereocenters. The molecule has 0 spiro atoms. The smallest absolute Gasteiger partial charge is 0.311 e. The van der Waals surface area contributed by atoms with Crippen LogP contribution in [0.1, 0.15) is 29.6 Å². The van der Waals surface area contributed by atoms with Gasteiger partial charge in [-0.15, -0.1) is 0 Å². The number of hydrogen-bond donors (Lipinski definition) is 2. The molecule has 1 aromatic rings. The minimum Gasteiger partial charge on any atom is -0.481 e. The summed E-state index contributed by atoms with van der Waals surface area (Å²) in [4.78, 5) is 26.9. The number of aromatic nitrogens is 1. The number of carboxylic acid groups (broad SMARTS) is 1. The Hall–Kier alpha value is -1.43. The van der Waals surface area contributed by atoms with Gasteiger partial charge in [0.05, 0.1) is 11.0 Å². The highest BCUT2D eigenvalue weighted by molar-refractivity contribution is 9.10. The molecule has 6 heteroatoms. The quantitative estimate of drug-likeness (QED) is 0.831. The average Bonchev–Trinajstić information content (AvgIpc) is 2.27. The van der Waals surface area contributed by atoms with Gasteiger partial charge in [0.25, 0.3) is 5.91 Å². The van der Waals surface area contributed by atoms with Crippen molar-refractivity contribution in [1.82, 2.24) is 10.3 Å². The Morgan fingerprint density at radius 2 is 2.17 bits per heavy atom. The number of halogens is 1. The molecule has 0 bridgehead atoms. The molecule has 1 amide bonds. The molecule has 0 radical (unpaired) electrons. The second-order valence-electron chi connectivity index (χ2n) is 4.49. The SMILES string of the molecule is O=C(NCC1(C(=O)O)CCC1)c1ccc(Br)nc1. The molecule has 0 aromatic carbocycles. The van der Waals surface area contributed by atoms with E-state index < -0.39 is 11.4 Å². The lowest BCUT2D eigenvalue weighted by Crippen LogP contribution is -2.47. The average molecular weight is 313 g/mol. The zero-order valence-electron chi connectivity index (χ0n) is 9.65. The standard InChI is InChI=1S/C12H13BrN2O3/c13-9-3-2-8(6-14-9)10(16)15-7-12(11(17)18)4-1-5-12/h2-3,6H,1,4-5,7H2,(H,15,16)(H,17,18). The summed E-state index contributed by atoms with van der Waals surface area (Å²) >= 11 is 3.18. The van der Waals surface area contributed by atoms with Crippen molar-refractivity contribution >= 4 is 27.8 Å². The van der Waals surface area contributed by atoms with E-state index in [0.717, 1.165) is 6.42 Å². The van der Waals surface area contributed by atoms with Crippen molar-refractivity contribution in [3.63, 3.8) is 0 Å². The van der Waals surface area contributed by atoms with Gasteiger partial charge in [0, 0.05) is 12.7 Å². The second kappa shape index (κ2) is 5.06. The number of aliphatic carboxylic acids is 1. The first kappa shape index (κ1) is 13.0. The monoisotopic (exact) mass is 312 g/mol. The summed E-state index contributed by atoms with van der Waals surface area (Å²) in [5, 5.41) is 11.8. The van der Waals surface area contributed by atoms with E-state index in [1.54, 1.807) is 12.1 Å². The van der Waals surface area contributed by atoms with Crippen molar-refractivity contribution in [2.75, 3.05) is 6.54 Å². The summed E-state index contributed by atoms with van der Waals surface area (Å²) in [6.45, 7) is 0.178. The second-order valence-corrected chi connectivity index (χ2v) is 5.30. The van der Waals surface area contributed by atoms with Crippen LogP contribution in [-0.4, -0.2) is 28.5 Å². The van der Waals surface area contributed by atoms with Gasteiger partial charge in [-0.3, -0.25) is 9.59 Å². The van der Waals surface area contributed by atoms with E-state index in [9.17, 15) is 9.59 Å². The molecule has 1 fully saturated rings. The fraction of sp³-hybridized carbons (Fsp3) is 0.417. The third kappa shape index (κ3) is 2.53. The van der Waals surface area contributed by atoms with Gasteiger partial charge in [0.1, 0.15) is 4.60 Å². The van der Waals surface area contributed by atoms with Gasteiger partial charge in [-0.1, -0.05) is 6.42 Å².